The van der Waals surface area contributed by atoms with Crippen molar-refractivity contribution in [2.75, 3.05) is 18.1 Å². The summed E-state index contributed by atoms with van der Waals surface area (Å²) in [6.07, 6.45) is 11.1. The van der Waals surface area contributed by atoms with Crippen LogP contribution in [-0.4, -0.2) is 22.5 Å². The molecule has 0 saturated carbocycles. The summed E-state index contributed by atoms with van der Waals surface area (Å²) >= 11 is 2.15. The van der Waals surface area contributed by atoms with Crippen molar-refractivity contribution in [3.63, 3.8) is 0 Å². The van der Waals surface area contributed by atoms with Gasteiger partial charge in [-0.05, 0) is 33.4 Å². The van der Waals surface area contributed by atoms with Gasteiger partial charge in [0.25, 0.3) is 0 Å². The van der Waals surface area contributed by atoms with Crippen LogP contribution in [0, 0.1) is 0 Å². The summed E-state index contributed by atoms with van der Waals surface area (Å²) in [4.78, 5) is 0. The van der Waals surface area contributed by atoms with Crippen molar-refractivity contribution in [2.24, 2.45) is 0 Å². The maximum atomic E-state index is 2.88. The second kappa shape index (κ2) is 18.5. The molecule has 4 aromatic rings. The molecule has 4 rings (SSSR count). The smallest absolute Gasteiger partial charge is 0.0323 e. The van der Waals surface area contributed by atoms with E-state index in [2.05, 4.69) is 144 Å². The fourth-order valence-electron chi connectivity index (χ4n) is 4.98. The molecule has 210 valence electrons. The third kappa shape index (κ3) is 9.85. The van der Waals surface area contributed by atoms with Crippen molar-refractivity contribution < 1.29 is 0 Å². The Bertz CT molecular complexity index is 1010. The van der Waals surface area contributed by atoms with E-state index in [1.54, 1.807) is 0 Å². The van der Waals surface area contributed by atoms with Crippen LogP contribution in [0.3, 0.4) is 0 Å². The van der Waals surface area contributed by atoms with Gasteiger partial charge in [-0.25, -0.2) is 4.44 Å². The average molecular weight is 586 g/mol. The Labute approximate surface area is 250 Å². The first kappa shape index (κ1) is 31.0. The number of hydrogen-bond donors (Lipinski definition) is 0. The minimum absolute atomic E-state index is 0.690. The highest BCUT2D eigenvalue weighted by Gasteiger charge is 2.31. The molecule has 0 aliphatic heterocycles. The molecule has 0 bridgehead atoms. The van der Waals surface area contributed by atoms with Crippen molar-refractivity contribution in [2.45, 2.75) is 58.3 Å². The van der Waals surface area contributed by atoms with Crippen molar-refractivity contribution in [3.8, 4) is 0 Å². The van der Waals surface area contributed by atoms with Crippen LogP contribution in [0.15, 0.2) is 121 Å². The Hall–Kier alpha value is -1.95. The molecule has 0 aliphatic rings. The summed E-state index contributed by atoms with van der Waals surface area (Å²) in [6.45, 7) is 3.37. The predicted octanol–water partition coefficient (Wildman–Crippen LogP) is 9.26. The summed E-state index contributed by atoms with van der Waals surface area (Å²) in [5.74, 6) is 2.43. The van der Waals surface area contributed by atoms with Crippen LogP contribution >= 0.6 is 27.9 Å². The molecular weight excluding hydrogens is 540 g/mol. The number of hydrogen-bond acceptors (Lipinski definition) is 2. The second-order valence-electron chi connectivity index (χ2n) is 10.1. The maximum absolute atomic E-state index is 2.88. The second-order valence-corrected chi connectivity index (χ2v) is 16.0. The molecule has 0 fully saturated rings. The van der Waals surface area contributed by atoms with Crippen LogP contribution in [0.1, 0.15) is 58.3 Å². The zero-order valence-corrected chi connectivity index (χ0v) is 26.7. The van der Waals surface area contributed by atoms with E-state index >= 15 is 0 Å². The van der Waals surface area contributed by atoms with Gasteiger partial charge in [-0.2, -0.15) is 11.8 Å². The molecule has 0 radical (unpaired) electrons. The molecule has 0 aromatic heterocycles. The molecule has 0 atom stereocenters. The lowest BCUT2D eigenvalue weighted by molar-refractivity contribution is 0.586. The Balaban J connectivity index is 1.55. The van der Waals surface area contributed by atoms with Gasteiger partial charge in [0.1, 0.15) is 0 Å². The third-order valence-corrected chi connectivity index (χ3v) is 13.6. The van der Waals surface area contributed by atoms with Gasteiger partial charge in [-0.3, -0.25) is 0 Å². The van der Waals surface area contributed by atoms with Gasteiger partial charge in [-0.1, -0.05) is 173 Å². The first-order valence-corrected chi connectivity index (χ1v) is 18.8. The lowest BCUT2D eigenvalue weighted by Gasteiger charge is -2.39. The van der Waals surface area contributed by atoms with Crippen LogP contribution in [0.4, 0.5) is 0 Å². The number of unbranched alkanes of at least 4 members (excludes halogenated alkanes) is 7. The Kier molecular flexibility index (Phi) is 14.3. The Morgan fingerprint density at radius 3 is 1.18 bits per heavy atom. The van der Waals surface area contributed by atoms with Gasteiger partial charge in [-0.15, -0.1) is 0 Å². The van der Waals surface area contributed by atoms with E-state index in [9.17, 15) is 0 Å². The molecule has 0 heterocycles. The lowest BCUT2D eigenvalue weighted by Crippen LogP contribution is -2.33. The summed E-state index contributed by atoms with van der Waals surface area (Å²) < 4.78 is 2.88. The van der Waals surface area contributed by atoms with Gasteiger partial charge in [0.2, 0.25) is 0 Å². The molecule has 4 aromatic carbocycles. The molecule has 0 N–H and O–H groups in total. The van der Waals surface area contributed by atoms with Crippen molar-refractivity contribution >= 4 is 49.1 Å². The molecule has 0 spiro atoms. The van der Waals surface area contributed by atoms with E-state index in [-0.39, 0.29) is 0 Å². The first-order valence-electron chi connectivity index (χ1n) is 15.0. The number of rotatable bonds is 18. The molecule has 40 heavy (non-hydrogen) atoms. The van der Waals surface area contributed by atoms with E-state index in [1.165, 1.54) is 78.3 Å². The van der Waals surface area contributed by atoms with Gasteiger partial charge in [0.15, 0.2) is 0 Å². The van der Waals surface area contributed by atoms with Gasteiger partial charge in [0.05, 0.1) is 0 Å². The van der Waals surface area contributed by atoms with Gasteiger partial charge < -0.3 is 0 Å². The average Bonchev–Trinajstić information content (AvgIpc) is 3.02. The van der Waals surface area contributed by atoms with E-state index in [0.717, 1.165) is 12.3 Å². The molecule has 4 heteroatoms. The summed E-state index contributed by atoms with van der Waals surface area (Å²) in [5, 5.41) is 5.71. The summed E-state index contributed by atoms with van der Waals surface area (Å²) in [5.41, 5.74) is 0. The van der Waals surface area contributed by atoms with E-state index in [4.69, 9.17) is 0 Å². The third-order valence-electron chi connectivity index (χ3n) is 7.04. The van der Waals surface area contributed by atoms with Crippen LogP contribution < -0.4 is 21.2 Å². The first-order chi connectivity index (χ1) is 19.9. The minimum Gasteiger partial charge on any atom is -0.244 e. The SMILES string of the molecule is CCCCCCCCCCSCCN(P(c1ccccc1)c1ccccc1)P(c1ccccc1)c1ccccc1. The lowest BCUT2D eigenvalue weighted by atomic mass is 10.1. The molecule has 0 aliphatic carbocycles. The molecule has 1 nitrogen and oxygen atoms in total. The van der Waals surface area contributed by atoms with Crippen LogP contribution in [0.5, 0.6) is 0 Å². The van der Waals surface area contributed by atoms with E-state index in [0.29, 0.717) is 0 Å². The molecule has 0 amide bonds. The zero-order valence-electron chi connectivity index (χ0n) is 24.1. The van der Waals surface area contributed by atoms with Gasteiger partial charge in [0, 0.05) is 28.4 Å². The fourth-order valence-corrected chi connectivity index (χ4v) is 12.2. The van der Waals surface area contributed by atoms with Crippen molar-refractivity contribution in [1.29, 1.82) is 0 Å². The molecular formula is C36H45NP2S. The number of benzene rings is 4. The Morgan fingerprint density at radius 1 is 0.450 bits per heavy atom. The highest BCUT2D eigenvalue weighted by atomic mass is 32.2. The van der Waals surface area contributed by atoms with Crippen LogP contribution in [-0.2, 0) is 0 Å². The summed E-state index contributed by atoms with van der Waals surface area (Å²) in [7, 11) is -1.38. The normalized spacial score (nSPS) is 11.5. The largest absolute Gasteiger partial charge is 0.244 e. The quantitative estimate of drug-likeness (QED) is 0.0846. The van der Waals surface area contributed by atoms with Crippen molar-refractivity contribution in [1.82, 2.24) is 4.44 Å². The highest BCUT2D eigenvalue weighted by Crippen LogP contribution is 2.54. The van der Waals surface area contributed by atoms with Gasteiger partial charge >= 0.3 is 0 Å². The standard InChI is InChI=1S/C36H45NP2S/c1-2-3-4-5-6-7-8-21-31-40-32-30-37(38(33-22-13-9-14-23-33)34-24-15-10-16-25-34)39(35-26-17-11-18-27-35)36-28-19-12-20-29-36/h9-20,22-29H,2-8,21,30-32H2,1H3. The highest BCUT2D eigenvalue weighted by molar-refractivity contribution is 7.99. The van der Waals surface area contributed by atoms with Crippen LogP contribution in [0.2, 0.25) is 0 Å². The molecule has 0 unspecified atom stereocenters. The monoisotopic (exact) mass is 585 g/mol. The predicted molar refractivity (Wildman–Crippen MR) is 185 cm³/mol. The van der Waals surface area contributed by atoms with Crippen molar-refractivity contribution in [3.05, 3.63) is 121 Å². The molecule has 0 saturated heterocycles. The van der Waals surface area contributed by atoms with Crippen LogP contribution in [0.25, 0.3) is 0 Å². The Morgan fingerprint density at radius 2 is 0.800 bits per heavy atom. The fraction of sp³-hybridized carbons (Fsp3) is 0.333. The topological polar surface area (TPSA) is 3.24 Å². The van der Waals surface area contributed by atoms with E-state index in [1.807, 2.05) is 0 Å². The number of thioether (sulfide) groups is 1. The zero-order chi connectivity index (χ0) is 27.7. The summed E-state index contributed by atoms with van der Waals surface area (Å²) in [6, 6.07) is 44.9. The minimum atomic E-state index is -0.690. The van der Waals surface area contributed by atoms with E-state index < -0.39 is 16.1 Å². The number of nitrogens with zero attached hydrogens (tertiary/aromatic N) is 1. The maximum Gasteiger partial charge on any atom is 0.0323 e.